The molecule has 1 aliphatic rings. The molecule has 10 heteroatoms. The molecule has 9 nitrogen and oxygen atoms in total. The van der Waals surface area contributed by atoms with Crippen molar-refractivity contribution in [3.63, 3.8) is 0 Å². The Kier molecular flexibility index (Phi) is 9.28. The lowest BCUT2D eigenvalue weighted by Gasteiger charge is -2.38. The number of fused-ring (bicyclic) bond motifs is 1. The normalized spacial score (nSPS) is 14.5. The number of nitrogens with one attached hydrogen (secondary N) is 1. The van der Waals surface area contributed by atoms with Crippen LogP contribution in [-0.4, -0.2) is 65.9 Å². The number of benzene rings is 1. The number of likely N-dealkylation sites (N-methyl/N-ethyl adjacent to an activating group) is 1. The van der Waals surface area contributed by atoms with Gasteiger partial charge in [0.1, 0.15) is 20.0 Å². The van der Waals surface area contributed by atoms with Gasteiger partial charge in [0, 0.05) is 60.4 Å². The third-order valence-electron chi connectivity index (χ3n) is 9.32. The van der Waals surface area contributed by atoms with E-state index >= 15 is 0 Å². The molecule has 0 unspecified atom stereocenters. The molecule has 5 rings (SSSR count). The highest BCUT2D eigenvalue weighted by Crippen LogP contribution is 2.41. The highest BCUT2D eigenvalue weighted by molar-refractivity contribution is 6.90. The van der Waals surface area contributed by atoms with Crippen LogP contribution < -0.4 is 15.8 Å². The van der Waals surface area contributed by atoms with Gasteiger partial charge >= 0.3 is 0 Å². The van der Waals surface area contributed by atoms with Crippen LogP contribution in [0.1, 0.15) is 58.2 Å². The summed E-state index contributed by atoms with van der Waals surface area (Å²) in [4.78, 5) is 28.3. The summed E-state index contributed by atoms with van der Waals surface area (Å²) in [6.07, 6.45) is 4.97. The Bertz CT molecular complexity index is 1690. The third kappa shape index (κ3) is 6.17. The van der Waals surface area contributed by atoms with Crippen molar-refractivity contribution in [2.75, 3.05) is 43.4 Å². The van der Waals surface area contributed by atoms with E-state index in [9.17, 15) is 4.79 Å². The molecule has 0 aliphatic carbocycles. The second-order valence-electron chi connectivity index (χ2n) is 13.0. The zero-order valence-electron chi connectivity index (χ0n) is 27.3. The molecular weight excluding hydrogens is 567 g/mol. The van der Waals surface area contributed by atoms with Gasteiger partial charge in [0.15, 0.2) is 0 Å². The van der Waals surface area contributed by atoms with Crippen molar-refractivity contribution in [3.05, 3.63) is 70.0 Å². The summed E-state index contributed by atoms with van der Waals surface area (Å²) in [6, 6.07) is 8.35. The van der Waals surface area contributed by atoms with Crippen LogP contribution in [0.3, 0.4) is 0 Å². The van der Waals surface area contributed by atoms with Gasteiger partial charge in [0.25, 0.3) is 5.56 Å². The first-order valence-electron chi connectivity index (χ1n) is 15.6. The number of hydrogen-bond acceptors (Lipinski definition) is 8. The molecule has 0 bridgehead atoms. The number of nitrogens with zero attached hydrogens (tertiary/aromatic N) is 6. The van der Waals surface area contributed by atoms with Crippen molar-refractivity contribution in [1.82, 2.24) is 24.6 Å². The molecule has 4 aromatic rings. The van der Waals surface area contributed by atoms with Crippen LogP contribution in [0.25, 0.3) is 11.0 Å². The number of piperazine rings is 1. The first kappa shape index (κ1) is 31.5. The van der Waals surface area contributed by atoms with Gasteiger partial charge in [-0.2, -0.15) is 4.98 Å². The van der Waals surface area contributed by atoms with E-state index < -0.39 is 8.07 Å². The topological polar surface area (TPSA) is 92.3 Å². The standard InChI is InChI=1S/C34H45N7O2Si/c1-23(2)44(24(3)4,25(5)6)18-13-30-26(7)33(42)41(21-27-19-36-43-22-27)32-31(30)20-35-34(38-32)37-28-9-11-29(12-10-28)40-16-14-39(8)15-17-40/h9-12,19-20,22-25H,14-17,21H2,1-8H3,(H,35,37,38). The molecule has 1 saturated heterocycles. The van der Waals surface area contributed by atoms with E-state index in [1.165, 1.54) is 5.69 Å². The fourth-order valence-corrected chi connectivity index (χ4v) is 12.0. The van der Waals surface area contributed by atoms with Crippen molar-refractivity contribution >= 4 is 36.4 Å². The van der Waals surface area contributed by atoms with E-state index in [2.05, 4.69) is 92.5 Å². The van der Waals surface area contributed by atoms with E-state index in [1.54, 1.807) is 23.2 Å². The Balaban J connectivity index is 1.57. The highest BCUT2D eigenvalue weighted by Gasteiger charge is 2.41. The summed E-state index contributed by atoms with van der Waals surface area (Å²) in [5, 5.41) is 7.95. The van der Waals surface area contributed by atoms with Crippen LogP contribution in [0.15, 0.2) is 52.2 Å². The van der Waals surface area contributed by atoms with Crippen molar-refractivity contribution in [2.45, 2.75) is 71.6 Å². The molecule has 44 heavy (non-hydrogen) atoms. The monoisotopic (exact) mass is 611 g/mol. The molecule has 232 valence electrons. The van der Waals surface area contributed by atoms with Crippen molar-refractivity contribution < 1.29 is 4.52 Å². The van der Waals surface area contributed by atoms with E-state index in [0.29, 0.717) is 39.3 Å². The molecule has 0 atom stereocenters. The fraction of sp³-hybridized carbons (Fsp3) is 0.471. The van der Waals surface area contributed by atoms with Crippen LogP contribution in [0, 0.1) is 18.4 Å². The summed E-state index contributed by atoms with van der Waals surface area (Å²) in [6.45, 7) is 20.0. The number of anilines is 3. The van der Waals surface area contributed by atoms with Gasteiger partial charge in [0.2, 0.25) is 5.95 Å². The van der Waals surface area contributed by atoms with Crippen LogP contribution in [0.5, 0.6) is 0 Å². The van der Waals surface area contributed by atoms with E-state index in [4.69, 9.17) is 14.5 Å². The summed E-state index contributed by atoms with van der Waals surface area (Å²) in [5.41, 5.74) is 9.81. The predicted molar refractivity (Wildman–Crippen MR) is 182 cm³/mol. The number of pyridine rings is 1. The summed E-state index contributed by atoms with van der Waals surface area (Å²) >= 11 is 0. The smallest absolute Gasteiger partial charge is 0.256 e. The molecule has 3 aromatic heterocycles. The van der Waals surface area contributed by atoms with Gasteiger partial charge in [0.05, 0.1) is 18.1 Å². The molecule has 1 aromatic carbocycles. The average Bonchev–Trinajstić information content (AvgIpc) is 3.51. The number of aromatic nitrogens is 4. The second kappa shape index (κ2) is 13.0. The van der Waals surface area contributed by atoms with Crippen LogP contribution in [0.4, 0.5) is 17.3 Å². The molecule has 0 saturated carbocycles. The van der Waals surface area contributed by atoms with Gasteiger partial charge in [-0.15, -0.1) is 5.54 Å². The lowest BCUT2D eigenvalue weighted by atomic mass is 10.1. The second-order valence-corrected chi connectivity index (χ2v) is 18.5. The summed E-state index contributed by atoms with van der Waals surface area (Å²) in [5.74, 6) is 3.95. The Labute approximate surface area is 261 Å². The van der Waals surface area contributed by atoms with Crippen LogP contribution in [-0.2, 0) is 6.54 Å². The lowest BCUT2D eigenvalue weighted by Crippen LogP contribution is -2.44. The molecule has 1 N–H and O–H groups in total. The minimum atomic E-state index is -2.04. The largest absolute Gasteiger partial charge is 0.369 e. The van der Waals surface area contributed by atoms with Gasteiger partial charge < -0.3 is 19.6 Å². The van der Waals surface area contributed by atoms with Gasteiger partial charge in [-0.3, -0.25) is 9.36 Å². The summed E-state index contributed by atoms with van der Waals surface area (Å²) in [7, 11) is 0.125. The molecule has 0 spiro atoms. The van der Waals surface area contributed by atoms with Crippen molar-refractivity contribution in [2.24, 2.45) is 0 Å². The Hall–Kier alpha value is -3.94. The minimum absolute atomic E-state index is 0.130. The molecule has 0 amide bonds. The Morgan fingerprint density at radius 3 is 2.23 bits per heavy atom. The van der Waals surface area contributed by atoms with Crippen molar-refractivity contribution in [3.8, 4) is 11.5 Å². The number of rotatable bonds is 8. The molecular formula is C34H45N7O2Si. The van der Waals surface area contributed by atoms with E-state index in [-0.39, 0.29) is 12.1 Å². The lowest BCUT2D eigenvalue weighted by molar-refractivity contribution is 0.313. The molecule has 0 radical (unpaired) electrons. The molecule has 1 fully saturated rings. The minimum Gasteiger partial charge on any atom is -0.369 e. The van der Waals surface area contributed by atoms with Crippen LogP contribution in [0.2, 0.25) is 16.6 Å². The van der Waals surface area contributed by atoms with Crippen LogP contribution >= 0.6 is 0 Å². The quantitative estimate of drug-likeness (QED) is 0.186. The third-order valence-corrected chi connectivity index (χ3v) is 15.6. The van der Waals surface area contributed by atoms with Gasteiger partial charge in [-0.05, 0) is 54.9 Å². The van der Waals surface area contributed by atoms with E-state index in [0.717, 1.165) is 42.8 Å². The Morgan fingerprint density at radius 1 is 0.977 bits per heavy atom. The zero-order chi connectivity index (χ0) is 31.6. The highest BCUT2D eigenvalue weighted by atomic mass is 28.3. The van der Waals surface area contributed by atoms with E-state index in [1.807, 2.05) is 19.1 Å². The maximum Gasteiger partial charge on any atom is 0.256 e. The average molecular weight is 612 g/mol. The summed E-state index contributed by atoms with van der Waals surface area (Å²) < 4.78 is 6.73. The first-order chi connectivity index (χ1) is 21.0. The van der Waals surface area contributed by atoms with Crippen molar-refractivity contribution in [1.29, 1.82) is 0 Å². The fourth-order valence-electron chi connectivity index (χ4n) is 6.77. The van der Waals surface area contributed by atoms with Gasteiger partial charge in [-0.25, -0.2) is 4.98 Å². The molecule has 4 heterocycles. The zero-order valence-corrected chi connectivity index (χ0v) is 28.3. The molecule has 1 aliphatic heterocycles. The first-order valence-corrected chi connectivity index (χ1v) is 17.9. The predicted octanol–water partition coefficient (Wildman–Crippen LogP) is 6.20. The number of hydrogen-bond donors (Lipinski definition) is 1. The SMILES string of the molecule is Cc1c(C#C[Si](C(C)C)(C(C)C)C(C)C)c2cnc(Nc3ccc(N4CCN(C)CC4)cc3)nc2n(Cc2cnoc2)c1=O. The maximum atomic E-state index is 13.9. The Morgan fingerprint density at radius 2 is 1.64 bits per heavy atom. The maximum absolute atomic E-state index is 13.9. The van der Waals surface area contributed by atoms with Gasteiger partial charge in [-0.1, -0.05) is 52.6 Å².